The van der Waals surface area contributed by atoms with Crippen LogP contribution in [-0.2, 0) is 4.79 Å². The molecule has 7 heteroatoms. The van der Waals surface area contributed by atoms with Gasteiger partial charge in [0.25, 0.3) is 0 Å². The Morgan fingerprint density at radius 2 is 2.00 bits per heavy atom. The van der Waals surface area contributed by atoms with E-state index < -0.39 is 23.4 Å². The van der Waals surface area contributed by atoms with Crippen LogP contribution in [-0.4, -0.2) is 29.3 Å². The Labute approximate surface area is 149 Å². The fourth-order valence-corrected chi connectivity index (χ4v) is 2.15. The first kappa shape index (κ1) is 19.2. The quantitative estimate of drug-likeness (QED) is 0.574. The monoisotopic (exact) mass is 361 g/mol. The number of carbonyl (C=O) groups is 1. The molecule has 0 saturated carbocycles. The minimum atomic E-state index is -0.998. The normalized spacial score (nSPS) is 9.96. The van der Waals surface area contributed by atoms with Crippen LogP contribution in [0.4, 0.5) is 8.78 Å². The van der Waals surface area contributed by atoms with Crippen LogP contribution in [0.2, 0.25) is 0 Å². The van der Waals surface area contributed by atoms with E-state index in [4.69, 9.17) is 14.6 Å². The molecule has 0 fully saturated rings. The molecule has 0 spiro atoms. The van der Waals surface area contributed by atoms with Crippen molar-refractivity contribution in [1.29, 1.82) is 0 Å². The number of ether oxygens (including phenoxy) is 2. The molecule has 0 aliphatic rings. The molecule has 5 nitrogen and oxygen atoms in total. The molecule has 2 rings (SSSR count). The van der Waals surface area contributed by atoms with Crippen molar-refractivity contribution >= 4 is 5.97 Å². The lowest BCUT2D eigenvalue weighted by molar-refractivity contribution is -0.137. The Morgan fingerprint density at radius 3 is 2.65 bits per heavy atom. The SMILES string of the molecule is CC#CCOc1ncccc1-c1cc(F)c(OCCCC(=O)O)c(F)c1. The Kier molecular flexibility index (Phi) is 6.92. The van der Waals surface area contributed by atoms with Gasteiger partial charge in [0.05, 0.1) is 6.61 Å². The zero-order valence-corrected chi connectivity index (χ0v) is 14.1. The lowest BCUT2D eigenvalue weighted by Gasteiger charge is -2.12. The number of aromatic nitrogens is 1. The molecule has 2 aromatic rings. The van der Waals surface area contributed by atoms with Gasteiger partial charge in [0.1, 0.15) is 0 Å². The van der Waals surface area contributed by atoms with E-state index in [2.05, 4.69) is 16.8 Å². The minimum Gasteiger partial charge on any atom is -0.488 e. The maximum Gasteiger partial charge on any atom is 0.303 e. The minimum absolute atomic E-state index is 0.101. The maximum atomic E-state index is 14.3. The standard InChI is InChI=1S/C19H17F2NO4/c1-2-3-9-26-19-14(6-4-8-22-19)13-11-15(20)18(16(21)12-13)25-10-5-7-17(23)24/h4,6,8,11-12H,5,7,9-10H2,1H3,(H,23,24). The van der Waals surface area contributed by atoms with E-state index in [9.17, 15) is 13.6 Å². The first-order valence-electron chi connectivity index (χ1n) is 7.84. The van der Waals surface area contributed by atoms with E-state index in [0.717, 1.165) is 12.1 Å². The third-order valence-corrected chi connectivity index (χ3v) is 3.32. The van der Waals surface area contributed by atoms with Gasteiger partial charge in [-0.2, -0.15) is 0 Å². The highest BCUT2D eigenvalue weighted by Gasteiger charge is 2.16. The predicted molar refractivity (Wildman–Crippen MR) is 90.9 cm³/mol. The van der Waals surface area contributed by atoms with Crippen LogP contribution in [0.15, 0.2) is 30.5 Å². The molecule has 26 heavy (non-hydrogen) atoms. The number of hydrogen-bond donors (Lipinski definition) is 1. The zero-order valence-electron chi connectivity index (χ0n) is 14.1. The summed E-state index contributed by atoms with van der Waals surface area (Å²) in [5.41, 5.74) is 0.658. The van der Waals surface area contributed by atoms with Gasteiger partial charge < -0.3 is 14.6 Å². The summed E-state index contributed by atoms with van der Waals surface area (Å²) in [5, 5.41) is 8.56. The second-order valence-electron chi connectivity index (χ2n) is 5.19. The van der Waals surface area contributed by atoms with Gasteiger partial charge in [0.2, 0.25) is 5.88 Å². The lowest BCUT2D eigenvalue weighted by Crippen LogP contribution is -2.05. The van der Waals surface area contributed by atoms with Gasteiger partial charge in [-0.05, 0) is 43.2 Å². The van der Waals surface area contributed by atoms with Crippen LogP contribution >= 0.6 is 0 Å². The van der Waals surface area contributed by atoms with Crippen molar-refractivity contribution in [3.05, 3.63) is 42.1 Å². The van der Waals surface area contributed by atoms with Crippen LogP contribution < -0.4 is 9.47 Å². The molecule has 0 radical (unpaired) electrons. The number of aliphatic carboxylic acids is 1. The zero-order chi connectivity index (χ0) is 18.9. The maximum absolute atomic E-state index is 14.3. The van der Waals surface area contributed by atoms with Crippen LogP contribution in [0.3, 0.4) is 0 Å². The fourth-order valence-electron chi connectivity index (χ4n) is 2.15. The van der Waals surface area contributed by atoms with E-state index in [-0.39, 0.29) is 37.5 Å². The van der Waals surface area contributed by atoms with Gasteiger partial charge in [-0.1, -0.05) is 5.92 Å². The number of carboxylic acid groups (broad SMARTS) is 1. The van der Waals surface area contributed by atoms with Crippen LogP contribution in [0.1, 0.15) is 19.8 Å². The summed E-state index contributed by atoms with van der Waals surface area (Å²) in [6.45, 7) is 1.68. The number of hydrogen-bond acceptors (Lipinski definition) is 4. The Hall–Kier alpha value is -3.14. The Bertz CT molecular complexity index is 820. The van der Waals surface area contributed by atoms with Crippen molar-refractivity contribution < 1.29 is 28.2 Å². The second-order valence-corrected chi connectivity index (χ2v) is 5.19. The first-order chi connectivity index (χ1) is 12.5. The molecule has 1 N–H and O–H groups in total. The first-order valence-corrected chi connectivity index (χ1v) is 7.84. The third-order valence-electron chi connectivity index (χ3n) is 3.32. The van der Waals surface area contributed by atoms with Gasteiger partial charge in [0.15, 0.2) is 24.0 Å². The molecular weight excluding hydrogens is 344 g/mol. The highest BCUT2D eigenvalue weighted by atomic mass is 19.1. The summed E-state index contributed by atoms with van der Waals surface area (Å²) in [7, 11) is 0. The fraction of sp³-hybridized carbons (Fsp3) is 0.263. The predicted octanol–water partition coefficient (Wildman–Crippen LogP) is 3.67. The molecule has 1 aromatic heterocycles. The van der Waals surface area contributed by atoms with E-state index in [1.807, 2.05) is 0 Å². The Balaban J connectivity index is 2.21. The molecule has 1 aromatic carbocycles. The van der Waals surface area contributed by atoms with Gasteiger partial charge in [0, 0.05) is 18.2 Å². The molecule has 0 aliphatic carbocycles. The number of carboxylic acids is 1. The largest absolute Gasteiger partial charge is 0.488 e. The Morgan fingerprint density at radius 1 is 1.27 bits per heavy atom. The summed E-state index contributed by atoms with van der Waals surface area (Å²) < 4.78 is 39.0. The smallest absolute Gasteiger partial charge is 0.303 e. The van der Waals surface area contributed by atoms with Gasteiger partial charge in [-0.25, -0.2) is 13.8 Å². The van der Waals surface area contributed by atoms with Crippen molar-refractivity contribution in [2.45, 2.75) is 19.8 Å². The molecule has 0 unspecified atom stereocenters. The van der Waals surface area contributed by atoms with E-state index in [1.54, 1.807) is 19.1 Å². The number of benzene rings is 1. The van der Waals surface area contributed by atoms with Crippen LogP contribution in [0.25, 0.3) is 11.1 Å². The molecule has 0 bridgehead atoms. The number of rotatable bonds is 8. The molecule has 0 aliphatic heterocycles. The third kappa shape index (κ3) is 5.18. The topological polar surface area (TPSA) is 68.7 Å². The van der Waals surface area contributed by atoms with Crippen molar-refractivity contribution in [1.82, 2.24) is 4.98 Å². The molecule has 136 valence electrons. The molecule has 1 heterocycles. The molecule has 0 amide bonds. The number of nitrogens with zero attached hydrogens (tertiary/aromatic N) is 1. The van der Waals surface area contributed by atoms with Gasteiger partial charge >= 0.3 is 5.97 Å². The summed E-state index contributed by atoms with van der Waals surface area (Å²) in [4.78, 5) is 14.5. The number of halogens is 2. The summed E-state index contributed by atoms with van der Waals surface area (Å²) in [6.07, 6.45) is 1.51. The van der Waals surface area contributed by atoms with E-state index >= 15 is 0 Å². The van der Waals surface area contributed by atoms with E-state index in [0.29, 0.717) is 5.56 Å². The summed E-state index contributed by atoms with van der Waals surface area (Å²) >= 11 is 0. The lowest BCUT2D eigenvalue weighted by atomic mass is 10.1. The molecule has 0 saturated heterocycles. The molecular formula is C19H17F2NO4. The van der Waals surface area contributed by atoms with Gasteiger partial charge in [-0.15, -0.1) is 5.92 Å². The van der Waals surface area contributed by atoms with E-state index in [1.165, 1.54) is 6.20 Å². The van der Waals surface area contributed by atoms with Crippen molar-refractivity contribution in [2.75, 3.05) is 13.2 Å². The average Bonchev–Trinajstić information content (AvgIpc) is 2.60. The molecule has 0 atom stereocenters. The van der Waals surface area contributed by atoms with Crippen molar-refractivity contribution in [3.8, 4) is 34.6 Å². The second kappa shape index (κ2) is 9.37. The van der Waals surface area contributed by atoms with Gasteiger partial charge in [-0.3, -0.25) is 4.79 Å². The van der Waals surface area contributed by atoms with Crippen molar-refractivity contribution in [2.24, 2.45) is 0 Å². The summed E-state index contributed by atoms with van der Waals surface area (Å²) in [6, 6.07) is 5.49. The average molecular weight is 361 g/mol. The summed E-state index contributed by atoms with van der Waals surface area (Å²) in [5.74, 6) is 2.29. The van der Waals surface area contributed by atoms with Crippen LogP contribution in [0.5, 0.6) is 11.6 Å². The van der Waals surface area contributed by atoms with Crippen molar-refractivity contribution in [3.63, 3.8) is 0 Å². The highest BCUT2D eigenvalue weighted by molar-refractivity contribution is 5.69. The van der Waals surface area contributed by atoms with Crippen LogP contribution in [0, 0.1) is 23.5 Å². The highest BCUT2D eigenvalue weighted by Crippen LogP contribution is 2.33. The number of pyridine rings is 1.